The molecule has 1 heterocycles. The smallest absolute Gasteiger partial charge is 0.00953 e. The van der Waals surface area contributed by atoms with Crippen molar-refractivity contribution < 1.29 is 0 Å². The second-order valence-electron chi connectivity index (χ2n) is 10.6. The number of hydrogen-bond acceptors (Lipinski definition) is 1. The summed E-state index contributed by atoms with van der Waals surface area (Å²) in [4.78, 5) is 0. The van der Waals surface area contributed by atoms with Gasteiger partial charge in [0.2, 0.25) is 0 Å². The van der Waals surface area contributed by atoms with Crippen molar-refractivity contribution in [3.05, 3.63) is 0 Å². The Bertz CT molecular complexity index is 334. The molecule has 2 fully saturated rings. The molecule has 0 radical (unpaired) electrons. The van der Waals surface area contributed by atoms with Gasteiger partial charge in [0.15, 0.2) is 0 Å². The SMILES string of the molecule is CC1CCCCCCCC(C2CCCCC(C)(C)CCCN2)CCCC1. The van der Waals surface area contributed by atoms with E-state index in [9.17, 15) is 0 Å². The summed E-state index contributed by atoms with van der Waals surface area (Å²) in [5, 5.41) is 4.03. The first-order chi connectivity index (χ1) is 12.6. The Morgan fingerprint density at radius 3 is 1.92 bits per heavy atom. The van der Waals surface area contributed by atoms with Crippen LogP contribution in [-0.4, -0.2) is 12.6 Å². The highest BCUT2D eigenvalue weighted by Gasteiger charge is 2.23. The Balaban J connectivity index is 1.86. The molecule has 0 aromatic carbocycles. The summed E-state index contributed by atoms with van der Waals surface area (Å²) in [6.45, 7) is 8.69. The second-order valence-corrected chi connectivity index (χ2v) is 10.6. The van der Waals surface area contributed by atoms with Gasteiger partial charge in [-0.05, 0) is 62.3 Å². The summed E-state index contributed by atoms with van der Waals surface area (Å²) >= 11 is 0. The molecule has 0 aromatic rings. The average molecular weight is 364 g/mol. The maximum Gasteiger partial charge on any atom is 0.00953 e. The van der Waals surface area contributed by atoms with Gasteiger partial charge in [0.1, 0.15) is 0 Å². The van der Waals surface area contributed by atoms with Crippen LogP contribution in [0.15, 0.2) is 0 Å². The fourth-order valence-electron chi connectivity index (χ4n) is 5.47. The Hall–Kier alpha value is -0.0400. The first-order valence-electron chi connectivity index (χ1n) is 12.3. The molecule has 1 heteroatoms. The van der Waals surface area contributed by atoms with Gasteiger partial charge < -0.3 is 5.32 Å². The number of rotatable bonds is 1. The highest BCUT2D eigenvalue weighted by atomic mass is 14.9. The maximum absolute atomic E-state index is 4.03. The van der Waals surface area contributed by atoms with Gasteiger partial charge in [0.25, 0.3) is 0 Å². The topological polar surface area (TPSA) is 12.0 Å². The molecule has 3 unspecified atom stereocenters. The lowest BCUT2D eigenvalue weighted by Gasteiger charge is -2.32. The summed E-state index contributed by atoms with van der Waals surface area (Å²) in [6.07, 6.45) is 24.8. The lowest BCUT2D eigenvalue weighted by atomic mass is 9.80. The quantitative estimate of drug-likeness (QED) is 0.499. The molecule has 0 aromatic heterocycles. The molecule has 154 valence electrons. The van der Waals surface area contributed by atoms with Crippen LogP contribution in [0.25, 0.3) is 0 Å². The molecule has 0 spiro atoms. The van der Waals surface area contributed by atoms with E-state index in [1.807, 2.05) is 0 Å². The second kappa shape index (κ2) is 12.4. The molecular weight excluding hydrogens is 314 g/mol. The van der Waals surface area contributed by atoms with Crippen molar-refractivity contribution in [3.8, 4) is 0 Å². The summed E-state index contributed by atoms with van der Waals surface area (Å²) in [7, 11) is 0. The Morgan fingerprint density at radius 1 is 0.615 bits per heavy atom. The fraction of sp³-hybridized carbons (Fsp3) is 1.00. The van der Waals surface area contributed by atoms with Crippen molar-refractivity contribution in [2.45, 2.75) is 136 Å². The van der Waals surface area contributed by atoms with Gasteiger partial charge in [-0.1, -0.05) is 91.4 Å². The van der Waals surface area contributed by atoms with E-state index < -0.39 is 0 Å². The zero-order chi connectivity index (χ0) is 18.7. The van der Waals surface area contributed by atoms with Crippen LogP contribution in [0.5, 0.6) is 0 Å². The monoisotopic (exact) mass is 363 g/mol. The van der Waals surface area contributed by atoms with E-state index in [1.54, 1.807) is 0 Å². The highest BCUT2D eigenvalue weighted by Crippen LogP contribution is 2.32. The van der Waals surface area contributed by atoms with Gasteiger partial charge in [0, 0.05) is 6.04 Å². The van der Waals surface area contributed by atoms with Gasteiger partial charge in [-0.25, -0.2) is 0 Å². The molecule has 1 saturated heterocycles. The zero-order valence-electron chi connectivity index (χ0n) is 18.5. The molecule has 0 bridgehead atoms. The molecule has 1 aliphatic heterocycles. The minimum atomic E-state index is 0.566. The number of hydrogen-bond donors (Lipinski definition) is 1. The van der Waals surface area contributed by atoms with E-state index in [0.29, 0.717) is 5.41 Å². The third-order valence-electron chi connectivity index (χ3n) is 7.42. The zero-order valence-corrected chi connectivity index (χ0v) is 18.5. The summed E-state index contributed by atoms with van der Waals surface area (Å²) in [5.74, 6) is 1.91. The third kappa shape index (κ3) is 9.25. The lowest BCUT2D eigenvalue weighted by Crippen LogP contribution is -2.38. The fourth-order valence-corrected chi connectivity index (χ4v) is 5.47. The van der Waals surface area contributed by atoms with E-state index in [1.165, 1.54) is 116 Å². The van der Waals surface area contributed by atoms with Gasteiger partial charge >= 0.3 is 0 Å². The lowest BCUT2D eigenvalue weighted by molar-refractivity contribution is 0.236. The van der Waals surface area contributed by atoms with Crippen LogP contribution in [0.4, 0.5) is 0 Å². The van der Waals surface area contributed by atoms with Crippen LogP contribution >= 0.6 is 0 Å². The van der Waals surface area contributed by atoms with Crippen molar-refractivity contribution in [1.29, 1.82) is 0 Å². The molecule has 26 heavy (non-hydrogen) atoms. The predicted molar refractivity (Wildman–Crippen MR) is 117 cm³/mol. The Labute approximate surface area is 165 Å². The minimum Gasteiger partial charge on any atom is -0.314 e. The van der Waals surface area contributed by atoms with Crippen molar-refractivity contribution in [3.63, 3.8) is 0 Å². The molecular formula is C25H49N. The van der Waals surface area contributed by atoms with Crippen LogP contribution in [0.2, 0.25) is 0 Å². The van der Waals surface area contributed by atoms with E-state index in [-0.39, 0.29) is 0 Å². The summed E-state index contributed by atoms with van der Waals surface area (Å²) < 4.78 is 0. The van der Waals surface area contributed by atoms with Crippen molar-refractivity contribution in [1.82, 2.24) is 5.32 Å². The largest absolute Gasteiger partial charge is 0.314 e. The predicted octanol–water partition coefficient (Wildman–Crippen LogP) is 7.88. The molecule has 1 nitrogen and oxygen atoms in total. The van der Waals surface area contributed by atoms with Crippen molar-refractivity contribution >= 4 is 0 Å². The molecule has 1 saturated carbocycles. The highest BCUT2D eigenvalue weighted by molar-refractivity contribution is 4.80. The summed E-state index contributed by atoms with van der Waals surface area (Å²) in [6, 6.07) is 0.804. The van der Waals surface area contributed by atoms with E-state index in [2.05, 4.69) is 26.1 Å². The van der Waals surface area contributed by atoms with Gasteiger partial charge in [-0.15, -0.1) is 0 Å². The Kier molecular flexibility index (Phi) is 10.6. The van der Waals surface area contributed by atoms with Gasteiger partial charge in [0.05, 0.1) is 0 Å². The van der Waals surface area contributed by atoms with Crippen molar-refractivity contribution in [2.75, 3.05) is 6.54 Å². The molecule has 2 aliphatic rings. The maximum atomic E-state index is 4.03. The van der Waals surface area contributed by atoms with E-state index in [0.717, 1.165) is 17.9 Å². The molecule has 1 aliphatic carbocycles. The Morgan fingerprint density at radius 2 is 1.15 bits per heavy atom. The summed E-state index contributed by atoms with van der Waals surface area (Å²) in [5.41, 5.74) is 0.566. The molecule has 2 rings (SSSR count). The van der Waals surface area contributed by atoms with E-state index >= 15 is 0 Å². The molecule has 0 amide bonds. The molecule has 3 atom stereocenters. The van der Waals surface area contributed by atoms with Crippen LogP contribution in [0.1, 0.15) is 130 Å². The average Bonchev–Trinajstić information content (AvgIpc) is 2.62. The normalized spacial score (nSPS) is 34.0. The standard InChI is InChI=1S/C25H49N/c1-22-14-7-5-4-6-8-16-23(17-10-9-15-22)24-18-11-12-19-25(2,3)20-13-21-26-24/h22-24,26H,4-21H2,1-3H3. The van der Waals surface area contributed by atoms with Gasteiger partial charge in [-0.3, -0.25) is 0 Å². The third-order valence-corrected chi connectivity index (χ3v) is 7.42. The van der Waals surface area contributed by atoms with Crippen LogP contribution in [0.3, 0.4) is 0 Å². The van der Waals surface area contributed by atoms with Crippen LogP contribution < -0.4 is 5.32 Å². The number of nitrogens with one attached hydrogen (secondary N) is 1. The van der Waals surface area contributed by atoms with E-state index in [4.69, 9.17) is 0 Å². The van der Waals surface area contributed by atoms with Crippen molar-refractivity contribution in [2.24, 2.45) is 17.3 Å². The minimum absolute atomic E-state index is 0.566. The van der Waals surface area contributed by atoms with Crippen LogP contribution in [0, 0.1) is 17.3 Å². The first kappa shape index (κ1) is 22.3. The molecule has 1 N–H and O–H groups in total. The first-order valence-corrected chi connectivity index (χ1v) is 12.3. The van der Waals surface area contributed by atoms with Gasteiger partial charge in [-0.2, -0.15) is 0 Å². The van der Waals surface area contributed by atoms with Crippen LogP contribution in [-0.2, 0) is 0 Å².